The summed E-state index contributed by atoms with van der Waals surface area (Å²) in [5.41, 5.74) is 5.51. The van der Waals surface area contributed by atoms with E-state index >= 15 is 0 Å². The average molecular weight is 171 g/mol. The van der Waals surface area contributed by atoms with Crippen molar-refractivity contribution in [3.8, 4) is 0 Å². The summed E-state index contributed by atoms with van der Waals surface area (Å²) in [6.07, 6.45) is 2.60. The molecule has 12 heavy (non-hydrogen) atoms. The molecule has 1 fully saturated rings. The Labute approximate surface area is 75.5 Å². The maximum Gasteiger partial charge on any atom is 0.0117 e. The second-order valence-electron chi connectivity index (χ2n) is 3.80. The van der Waals surface area contributed by atoms with Crippen molar-refractivity contribution < 1.29 is 0 Å². The topological polar surface area (TPSA) is 32.5 Å². The van der Waals surface area contributed by atoms with E-state index < -0.39 is 0 Å². The van der Waals surface area contributed by atoms with E-state index in [9.17, 15) is 0 Å². The van der Waals surface area contributed by atoms with Crippen LogP contribution in [0.4, 0.5) is 0 Å². The lowest BCUT2D eigenvalue weighted by atomic mass is 10.0. The van der Waals surface area contributed by atoms with Crippen molar-refractivity contribution in [2.24, 2.45) is 5.73 Å². The minimum absolute atomic E-state index is 0.768. The highest BCUT2D eigenvalue weighted by Gasteiger charge is 2.19. The predicted molar refractivity (Wildman–Crippen MR) is 52.2 cm³/mol. The summed E-state index contributed by atoms with van der Waals surface area (Å²) in [5, 5.41) is 0. The van der Waals surface area contributed by atoms with E-state index in [1.165, 1.54) is 25.9 Å². The second-order valence-corrected chi connectivity index (χ2v) is 3.80. The quantitative estimate of drug-likeness (QED) is 0.647. The number of piperidine rings is 1. The van der Waals surface area contributed by atoms with Gasteiger partial charge in [0.05, 0.1) is 0 Å². The molecule has 1 rings (SSSR count). The van der Waals surface area contributed by atoms with Crippen LogP contribution in [0.1, 0.15) is 12.8 Å². The highest BCUT2D eigenvalue weighted by molar-refractivity contribution is 4.76. The summed E-state index contributed by atoms with van der Waals surface area (Å²) in [6, 6.07) is 0.768. The Morgan fingerprint density at radius 3 is 2.50 bits per heavy atom. The van der Waals surface area contributed by atoms with Gasteiger partial charge in [0.1, 0.15) is 0 Å². The average Bonchev–Trinajstić information content (AvgIpc) is 2.06. The zero-order valence-corrected chi connectivity index (χ0v) is 8.29. The van der Waals surface area contributed by atoms with Crippen molar-refractivity contribution >= 4 is 0 Å². The molecule has 1 heterocycles. The third-order valence-corrected chi connectivity index (χ3v) is 2.79. The maximum absolute atomic E-state index is 5.51. The molecule has 0 bridgehead atoms. The Hall–Kier alpha value is -0.120. The van der Waals surface area contributed by atoms with Crippen molar-refractivity contribution in [3.05, 3.63) is 0 Å². The SMILES string of the molecule is CN1CCC(N(C)CCN)CC1. The summed E-state index contributed by atoms with van der Waals surface area (Å²) in [6.45, 7) is 4.29. The molecule has 1 aliphatic heterocycles. The Bertz CT molecular complexity index is 119. The number of hydrogen-bond donors (Lipinski definition) is 1. The number of likely N-dealkylation sites (N-methyl/N-ethyl adjacent to an activating group) is 1. The standard InChI is InChI=1S/C9H21N3/c1-11-6-3-9(4-7-11)12(2)8-5-10/h9H,3-8,10H2,1-2H3. The first kappa shape index (κ1) is 9.96. The monoisotopic (exact) mass is 171 g/mol. The Morgan fingerprint density at radius 1 is 1.42 bits per heavy atom. The van der Waals surface area contributed by atoms with Crippen LogP contribution in [-0.2, 0) is 0 Å². The van der Waals surface area contributed by atoms with E-state index in [4.69, 9.17) is 5.73 Å². The lowest BCUT2D eigenvalue weighted by Crippen LogP contribution is -2.43. The molecule has 3 heteroatoms. The van der Waals surface area contributed by atoms with E-state index in [2.05, 4.69) is 23.9 Å². The number of hydrogen-bond acceptors (Lipinski definition) is 3. The van der Waals surface area contributed by atoms with Gasteiger partial charge in [-0.15, -0.1) is 0 Å². The van der Waals surface area contributed by atoms with Gasteiger partial charge in [0.2, 0.25) is 0 Å². The molecule has 0 saturated carbocycles. The lowest BCUT2D eigenvalue weighted by molar-refractivity contribution is 0.147. The smallest absolute Gasteiger partial charge is 0.0117 e. The van der Waals surface area contributed by atoms with Gasteiger partial charge in [-0.1, -0.05) is 0 Å². The summed E-state index contributed by atoms with van der Waals surface area (Å²) < 4.78 is 0. The maximum atomic E-state index is 5.51. The normalized spacial score (nSPS) is 22.0. The fourth-order valence-corrected chi connectivity index (χ4v) is 1.82. The third kappa shape index (κ3) is 2.73. The van der Waals surface area contributed by atoms with E-state index in [0.717, 1.165) is 19.1 Å². The number of rotatable bonds is 3. The van der Waals surface area contributed by atoms with Crippen molar-refractivity contribution in [1.82, 2.24) is 9.80 Å². The van der Waals surface area contributed by atoms with Crippen molar-refractivity contribution in [2.45, 2.75) is 18.9 Å². The Morgan fingerprint density at radius 2 is 2.00 bits per heavy atom. The van der Waals surface area contributed by atoms with Crippen LogP contribution in [0, 0.1) is 0 Å². The molecular formula is C9H21N3. The minimum Gasteiger partial charge on any atom is -0.329 e. The van der Waals surface area contributed by atoms with Crippen LogP contribution in [0.3, 0.4) is 0 Å². The first-order chi connectivity index (χ1) is 5.74. The molecule has 1 saturated heterocycles. The van der Waals surface area contributed by atoms with Crippen LogP contribution < -0.4 is 5.73 Å². The van der Waals surface area contributed by atoms with E-state index in [-0.39, 0.29) is 0 Å². The van der Waals surface area contributed by atoms with Gasteiger partial charge in [-0.05, 0) is 40.0 Å². The van der Waals surface area contributed by atoms with Gasteiger partial charge < -0.3 is 15.5 Å². The van der Waals surface area contributed by atoms with Gasteiger partial charge in [-0.2, -0.15) is 0 Å². The Balaban J connectivity index is 2.24. The highest BCUT2D eigenvalue weighted by Crippen LogP contribution is 2.13. The fourth-order valence-electron chi connectivity index (χ4n) is 1.82. The molecule has 3 nitrogen and oxygen atoms in total. The summed E-state index contributed by atoms with van der Waals surface area (Å²) in [5.74, 6) is 0. The molecule has 0 amide bonds. The summed E-state index contributed by atoms with van der Waals surface area (Å²) in [7, 11) is 4.38. The van der Waals surface area contributed by atoms with Gasteiger partial charge in [-0.25, -0.2) is 0 Å². The van der Waals surface area contributed by atoms with Crippen LogP contribution in [0.15, 0.2) is 0 Å². The number of nitrogens with two attached hydrogens (primary N) is 1. The molecular weight excluding hydrogens is 150 g/mol. The van der Waals surface area contributed by atoms with Gasteiger partial charge in [-0.3, -0.25) is 0 Å². The predicted octanol–water partition coefficient (Wildman–Crippen LogP) is -0.0289. The molecule has 0 unspecified atom stereocenters. The fraction of sp³-hybridized carbons (Fsp3) is 1.00. The van der Waals surface area contributed by atoms with Crippen LogP contribution in [0.5, 0.6) is 0 Å². The second kappa shape index (κ2) is 4.80. The van der Waals surface area contributed by atoms with Crippen molar-refractivity contribution in [1.29, 1.82) is 0 Å². The number of nitrogens with zero attached hydrogens (tertiary/aromatic N) is 2. The Kier molecular flexibility index (Phi) is 3.98. The van der Waals surface area contributed by atoms with Crippen LogP contribution >= 0.6 is 0 Å². The molecule has 0 aromatic carbocycles. The summed E-state index contributed by atoms with van der Waals surface area (Å²) >= 11 is 0. The molecule has 0 aromatic heterocycles. The summed E-state index contributed by atoms with van der Waals surface area (Å²) in [4.78, 5) is 4.79. The first-order valence-corrected chi connectivity index (χ1v) is 4.83. The van der Waals surface area contributed by atoms with E-state index in [1.54, 1.807) is 0 Å². The van der Waals surface area contributed by atoms with Crippen LogP contribution in [0.2, 0.25) is 0 Å². The molecule has 2 N–H and O–H groups in total. The van der Waals surface area contributed by atoms with E-state index in [0.29, 0.717) is 0 Å². The molecule has 0 atom stereocenters. The zero-order valence-electron chi connectivity index (χ0n) is 8.29. The van der Waals surface area contributed by atoms with Gasteiger partial charge in [0.25, 0.3) is 0 Å². The van der Waals surface area contributed by atoms with Gasteiger partial charge in [0.15, 0.2) is 0 Å². The molecule has 0 spiro atoms. The van der Waals surface area contributed by atoms with Crippen molar-refractivity contribution in [2.75, 3.05) is 40.3 Å². The van der Waals surface area contributed by atoms with Gasteiger partial charge >= 0.3 is 0 Å². The molecule has 0 aromatic rings. The van der Waals surface area contributed by atoms with Gasteiger partial charge in [0, 0.05) is 19.1 Å². The first-order valence-electron chi connectivity index (χ1n) is 4.83. The third-order valence-electron chi connectivity index (χ3n) is 2.79. The van der Waals surface area contributed by atoms with Crippen LogP contribution in [0.25, 0.3) is 0 Å². The molecule has 0 aliphatic carbocycles. The minimum atomic E-state index is 0.768. The zero-order chi connectivity index (χ0) is 8.97. The molecule has 0 radical (unpaired) electrons. The molecule has 72 valence electrons. The lowest BCUT2D eigenvalue weighted by Gasteiger charge is -2.34. The van der Waals surface area contributed by atoms with Crippen molar-refractivity contribution in [3.63, 3.8) is 0 Å². The highest BCUT2D eigenvalue weighted by atomic mass is 15.2. The van der Waals surface area contributed by atoms with E-state index in [1.807, 2.05) is 0 Å². The molecule has 1 aliphatic rings. The largest absolute Gasteiger partial charge is 0.329 e. The van der Waals surface area contributed by atoms with Crippen LogP contribution in [-0.4, -0.2) is 56.1 Å². The number of likely N-dealkylation sites (tertiary alicyclic amines) is 1.